The molecule has 0 atom stereocenters. The monoisotopic (exact) mass is 264 g/mol. The van der Waals surface area contributed by atoms with Gasteiger partial charge in [0.25, 0.3) is 0 Å². The van der Waals surface area contributed by atoms with Crippen LogP contribution in [0.3, 0.4) is 0 Å². The molecule has 0 aliphatic rings. The zero-order chi connectivity index (χ0) is 14.6. The Hall–Kier alpha value is -1.58. The summed E-state index contributed by atoms with van der Waals surface area (Å²) in [6.45, 7) is 11.8. The molecular formula is C15H24N2O2. The Bertz CT molecular complexity index is 448. The normalized spacial score (nSPS) is 11.5. The van der Waals surface area contributed by atoms with Gasteiger partial charge in [0, 0.05) is 5.69 Å². The van der Waals surface area contributed by atoms with Gasteiger partial charge in [0.15, 0.2) is 0 Å². The number of ether oxygens (including phenoxy) is 1. The number of anilines is 1. The third kappa shape index (κ3) is 5.73. The van der Waals surface area contributed by atoms with Gasteiger partial charge in [-0.1, -0.05) is 13.8 Å². The zero-order valence-electron chi connectivity index (χ0n) is 12.7. The van der Waals surface area contributed by atoms with E-state index in [2.05, 4.69) is 24.1 Å². The molecule has 4 heteroatoms. The predicted molar refractivity (Wildman–Crippen MR) is 77.4 cm³/mol. The first kappa shape index (κ1) is 15.5. The van der Waals surface area contributed by atoms with Crippen molar-refractivity contribution in [1.82, 2.24) is 4.98 Å². The van der Waals surface area contributed by atoms with Gasteiger partial charge in [-0.15, -0.1) is 0 Å². The highest BCUT2D eigenvalue weighted by molar-refractivity contribution is 5.85. The number of pyridine rings is 1. The maximum absolute atomic E-state index is 11.7. The van der Waals surface area contributed by atoms with Crippen LogP contribution in [-0.4, -0.2) is 16.7 Å². The Balaban J connectivity index is 2.72. The Kier molecular flexibility index (Phi) is 4.92. The molecule has 0 aromatic carbocycles. The largest absolute Gasteiger partial charge is 0.444 e. The van der Waals surface area contributed by atoms with Gasteiger partial charge in [-0.05, 0) is 51.7 Å². The molecular weight excluding hydrogens is 240 g/mol. The third-order valence-electron chi connectivity index (χ3n) is 2.42. The summed E-state index contributed by atoms with van der Waals surface area (Å²) in [7, 11) is 0. The third-order valence-corrected chi connectivity index (χ3v) is 2.42. The molecule has 0 aliphatic heterocycles. The fourth-order valence-corrected chi connectivity index (χ4v) is 1.69. The maximum atomic E-state index is 11.7. The summed E-state index contributed by atoms with van der Waals surface area (Å²) in [5.41, 5.74) is 2.24. The van der Waals surface area contributed by atoms with Gasteiger partial charge in [-0.2, -0.15) is 0 Å². The van der Waals surface area contributed by atoms with Crippen molar-refractivity contribution >= 4 is 11.8 Å². The first-order valence-corrected chi connectivity index (χ1v) is 6.63. The van der Waals surface area contributed by atoms with E-state index in [0.717, 1.165) is 17.7 Å². The number of amides is 1. The lowest BCUT2D eigenvalue weighted by molar-refractivity contribution is 0.0635. The highest BCUT2D eigenvalue weighted by Gasteiger charge is 2.17. The summed E-state index contributed by atoms with van der Waals surface area (Å²) in [6.07, 6.45) is 2.18. The molecule has 1 amide bonds. The van der Waals surface area contributed by atoms with Gasteiger partial charge in [-0.3, -0.25) is 10.3 Å². The number of carbonyl (C=O) groups excluding carboxylic acids is 1. The van der Waals surface area contributed by atoms with Crippen LogP contribution in [-0.2, 0) is 11.2 Å². The summed E-state index contributed by atoms with van der Waals surface area (Å²) in [5, 5.41) is 2.72. The fraction of sp³-hybridized carbons (Fsp3) is 0.600. The number of hydrogen-bond acceptors (Lipinski definition) is 3. The topological polar surface area (TPSA) is 51.2 Å². The molecule has 19 heavy (non-hydrogen) atoms. The summed E-state index contributed by atoms with van der Waals surface area (Å²) in [6, 6.07) is 2.01. The minimum Gasteiger partial charge on any atom is -0.444 e. The van der Waals surface area contributed by atoms with Gasteiger partial charge >= 0.3 is 6.09 Å². The van der Waals surface area contributed by atoms with Crippen molar-refractivity contribution in [2.75, 3.05) is 5.32 Å². The van der Waals surface area contributed by atoms with Crippen LogP contribution in [0.25, 0.3) is 0 Å². The molecule has 0 radical (unpaired) electrons. The van der Waals surface area contributed by atoms with Crippen LogP contribution in [0.4, 0.5) is 10.5 Å². The van der Waals surface area contributed by atoms with E-state index in [4.69, 9.17) is 4.74 Å². The lowest BCUT2D eigenvalue weighted by Crippen LogP contribution is -2.27. The smallest absolute Gasteiger partial charge is 0.412 e. The average molecular weight is 264 g/mol. The summed E-state index contributed by atoms with van der Waals surface area (Å²) in [5.74, 6) is 0.566. The van der Waals surface area contributed by atoms with Crippen LogP contribution < -0.4 is 5.32 Å². The lowest BCUT2D eigenvalue weighted by Gasteiger charge is -2.20. The van der Waals surface area contributed by atoms with E-state index >= 15 is 0 Å². The van der Waals surface area contributed by atoms with Crippen molar-refractivity contribution in [3.8, 4) is 0 Å². The molecule has 1 aromatic heterocycles. The molecule has 1 rings (SSSR count). The second kappa shape index (κ2) is 6.04. The van der Waals surface area contributed by atoms with Gasteiger partial charge in [-0.25, -0.2) is 4.79 Å². The molecule has 1 N–H and O–H groups in total. The van der Waals surface area contributed by atoms with Crippen molar-refractivity contribution in [3.63, 3.8) is 0 Å². The number of rotatable bonds is 3. The Morgan fingerprint density at radius 3 is 2.53 bits per heavy atom. The summed E-state index contributed by atoms with van der Waals surface area (Å²) in [4.78, 5) is 16.0. The number of carbonyl (C=O) groups is 1. The maximum Gasteiger partial charge on any atom is 0.412 e. The van der Waals surface area contributed by atoms with Crippen molar-refractivity contribution in [2.45, 2.75) is 53.6 Å². The summed E-state index contributed by atoms with van der Waals surface area (Å²) < 4.78 is 5.21. The van der Waals surface area contributed by atoms with E-state index in [9.17, 15) is 4.79 Å². The predicted octanol–water partition coefficient (Wildman–Crippen LogP) is 3.94. The van der Waals surface area contributed by atoms with Crippen LogP contribution in [0.2, 0.25) is 0 Å². The van der Waals surface area contributed by atoms with Crippen LogP contribution in [0.1, 0.15) is 45.9 Å². The Morgan fingerprint density at radius 1 is 1.42 bits per heavy atom. The van der Waals surface area contributed by atoms with Crippen LogP contribution in [0.5, 0.6) is 0 Å². The van der Waals surface area contributed by atoms with E-state index in [-0.39, 0.29) is 0 Å². The molecule has 0 unspecified atom stereocenters. The van der Waals surface area contributed by atoms with Crippen LogP contribution >= 0.6 is 0 Å². The van der Waals surface area contributed by atoms with Gasteiger partial charge < -0.3 is 4.74 Å². The van der Waals surface area contributed by atoms with Gasteiger partial charge in [0.1, 0.15) is 5.60 Å². The Morgan fingerprint density at radius 2 is 2.05 bits per heavy atom. The zero-order valence-corrected chi connectivity index (χ0v) is 12.7. The second-order valence-corrected chi connectivity index (χ2v) is 6.22. The standard InChI is InChI=1S/C15H24N2O2/c1-10(2)7-12-8-11(3)13(9-16-12)17-14(18)19-15(4,5)6/h8-10H,7H2,1-6H3,(H,17,18). The van der Waals surface area contributed by atoms with Crippen molar-refractivity contribution in [3.05, 3.63) is 23.5 Å². The van der Waals surface area contributed by atoms with Crippen molar-refractivity contribution in [2.24, 2.45) is 5.92 Å². The number of aromatic nitrogens is 1. The number of aryl methyl sites for hydroxylation is 1. The summed E-state index contributed by atoms with van der Waals surface area (Å²) >= 11 is 0. The highest BCUT2D eigenvalue weighted by atomic mass is 16.6. The molecule has 1 aromatic rings. The number of nitrogens with zero attached hydrogens (tertiary/aromatic N) is 1. The minimum absolute atomic E-state index is 0.450. The molecule has 0 fully saturated rings. The van der Waals surface area contributed by atoms with Crippen LogP contribution in [0.15, 0.2) is 12.3 Å². The molecule has 0 aliphatic carbocycles. The van der Waals surface area contributed by atoms with E-state index in [1.54, 1.807) is 6.20 Å². The second-order valence-electron chi connectivity index (χ2n) is 6.22. The van der Waals surface area contributed by atoms with Gasteiger partial charge in [0.05, 0.1) is 11.9 Å². The lowest BCUT2D eigenvalue weighted by atomic mass is 10.1. The molecule has 1 heterocycles. The fourth-order valence-electron chi connectivity index (χ4n) is 1.69. The van der Waals surface area contributed by atoms with Crippen molar-refractivity contribution < 1.29 is 9.53 Å². The molecule has 0 spiro atoms. The minimum atomic E-state index is -0.497. The first-order chi connectivity index (χ1) is 8.67. The van der Waals surface area contributed by atoms with E-state index in [1.807, 2.05) is 33.8 Å². The van der Waals surface area contributed by atoms with E-state index < -0.39 is 11.7 Å². The Labute approximate surface area is 115 Å². The van der Waals surface area contributed by atoms with Crippen molar-refractivity contribution in [1.29, 1.82) is 0 Å². The number of hydrogen-bond donors (Lipinski definition) is 1. The van der Waals surface area contributed by atoms with Gasteiger partial charge in [0.2, 0.25) is 0 Å². The first-order valence-electron chi connectivity index (χ1n) is 6.63. The molecule has 0 saturated heterocycles. The molecule has 0 saturated carbocycles. The molecule has 106 valence electrons. The molecule has 0 bridgehead atoms. The van der Waals surface area contributed by atoms with E-state index in [0.29, 0.717) is 11.6 Å². The molecule has 4 nitrogen and oxygen atoms in total. The highest BCUT2D eigenvalue weighted by Crippen LogP contribution is 2.17. The van der Waals surface area contributed by atoms with E-state index in [1.165, 1.54) is 0 Å². The average Bonchev–Trinajstić information content (AvgIpc) is 2.18. The SMILES string of the molecule is Cc1cc(CC(C)C)ncc1NC(=O)OC(C)(C)C. The van der Waals surface area contributed by atoms with Crippen LogP contribution in [0, 0.1) is 12.8 Å². The quantitative estimate of drug-likeness (QED) is 0.899. The number of nitrogens with one attached hydrogen (secondary N) is 1.